The zero-order chi connectivity index (χ0) is 23.8. The van der Waals surface area contributed by atoms with E-state index in [0.717, 1.165) is 0 Å². The number of rotatable bonds is 5. The van der Waals surface area contributed by atoms with E-state index >= 15 is 0 Å². The average Bonchev–Trinajstić information content (AvgIpc) is 2.64. The van der Waals surface area contributed by atoms with Crippen molar-refractivity contribution < 1.29 is 38.9 Å². The molecule has 0 aromatic heterocycles. The van der Waals surface area contributed by atoms with Crippen LogP contribution in [0.3, 0.4) is 0 Å². The molecular weight excluding hydrogens is 476 g/mol. The topological polar surface area (TPSA) is 247 Å². The largest absolute Gasteiger partial charge is 0.344 e. The van der Waals surface area contributed by atoms with Crippen molar-refractivity contribution in [1.82, 2.24) is 0 Å². The molecule has 0 spiro atoms. The average molecular weight is 484 g/mol. The van der Waals surface area contributed by atoms with E-state index < -0.39 is 72.8 Å². The van der Waals surface area contributed by atoms with E-state index in [0.29, 0.717) is 24.3 Å². The minimum absolute atomic E-state index is 0.390. The molecule has 2 rings (SSSR count). The van der Waals surface area contributed by atoms with Crippen LogP contribution in [0.5, 0.6) is 0 Å². The summed E-state index contributed by atoms with van der Waals surface area (Å²) in [6.07, 6.45) is 0. The summed E-state index contributed by atoms with van der Waals surface area (Å²) in [5, 5.41) is 28.0. The van der Waals surface area contributed by atoms with Crippen molar-refractivity contribution in [3.63, 3.8) is 0 Å². The molecule has 0 saturated heterocycles. The van der Waals surface area contributed by atoms with Crippen LogP contribution in [0, 0.1) is 34.0 Å². The molecule has 0 unspecified atom stereocenters. The minimum Gasteiger partial charge on any atom is -0.344 e. The van der Waals surface area contributed by atoms with Crippen LogP contribution in [0.2, 0.25) is 0 Å². The molecule has 0 heterocycles. The summed E-state index contributed by atoms with van der Waals surface area (Å²) in [6, 6.07) is 6.50. The highest BCUT2D eigenvalue weighted by Crippen LogP contribution is 2.34. The first-order valence-electron chi connectivity index (χ1n) is 7.39. The molecule has 4 N–H and O–H groups in total. The van der Waals surface area contributed by atoms with Crippen molar-refractivity contribution in [1.29, 1.82) is 15.8 Å². The molecule has 2 aromatic carbocycles. The SMILES string of the molecule is N#CC(C#N)=C(C#N)Nc1cc2c(S(=O)(=O)O)cc(S(=O)(=O)O)cc2cc1S(=O)(=O)O. The third-order valence-electron chi connectivity index (χ3n) is 3.69. The van der Waals surface area contributed by atoms with Gasteiger partial charge in [-0.15, -0.1) is 0 Å². The molecular formula is C15H8N4O9S3. The normalized spacial score (nSPS) is 11.7. The molecule has 0 fully saturated rings. The second kappa shape index (κ2) is 7.93. The van der Waals surface area contributed by atoms with E-state index in [2.05, 4.69) is 5.32 Å². The Kier molecular flexibility index (Phi) is 6.07. The summed E-state index contributed by atoms with van der Waals surface area (Å²) < 4.78 is 98.1. The van der Waals surface area contributed by atoms with Gasteiger partial charge in [-0.25, -0.2) is 0 Å². The Morgan fingerprint density at radius 2 is 1.29 bits per heavy atom. The van der Waals surface area contributed by atoms with Crippen molar-refractivity contribution >= 4 is 46.8 Å². The van der Waals surface area contributed by atoms with Gasteiger partial charge in [0.1, 0.15) is 33.7 Å². The minimum atomic E-state index is -5.13. The summed E-state index contributed by atoms with van der Waals surface area (Å²) in [7, 11) is -15.2. The molecule has 0 aliphatic rings. The second-order valence-corrected chi connectivity index (χ2v) is 9.83. The number of hydrogen-bond acceptors (Lipinski definition) is 10. The first kappa shape index (κ1) is 23.7. The summed E-state index contributed by atoms with van der Waals surface area (Å²) in [4.78, 5) is -3.08. The smallest absolute Gasteiger partial charge is 0.296 e. The van der Waals surface area contributed by atoms with Gasteiger partial charge in [0.15, 0.2) is 5.57 Å². The number of benzene rings is 2. The zero-order valence-electron chi connectivity index (χ0n) is 14.7. The predicted octanol–water partition coefficient (Wildman–Crippen LogP) is 0.817. The summed E-state index contributed by atoms with van der Waals surface area (Å²) in [5.41, 5.74) is -2.21. The Morgan fingerprint density at radius 3 is 1.71 bits per heavy atom. The molecule has 0 aliphatic heterocycles. The van der Waals surface area contributed by atoms with Crippen molar-refractivity contribution in [2.24, 2.45) is 0 Å². The molecule has 31 heavy (non-hydrogen) atoms. The first-order valence-corrected chi connectivity index (χ1v) is 11.7. The molecule has 16 heteroatoms. The van der Waals surface area contributed by atoms with Crippen LogP contribution in [0.15, 0.2) is 50.2 Å². The Balaban J connectivity index is 3.09. The molecule has 13 nitrogen and oxygen atoms in total. The highest BCUT2D eigenvalue weighted by molar-refractivity contribution is 7.87. The second-order valence-electron chi connectivity index (χ2n) is 5.63. The van der Waals surface area contributed by atoms with Crippen LogP contribution in [-0.2, 0) is 30.4 Å². The maximum absolute atomic E-state index is 11.8. The van der Waals surface area contributed by atoms with Crippen molar-refractivity contribution in [2.75, 3.05) is 5.32 Å². The van der Waals surface area contributed by atoms with Gasteiger partial charge in [-0.2, -0.15) is 41.0 Å². The van der Waals surface area contributed by atoms with Crippen LogP contribution < -0.4 is 5.32 Å². The van der Waals surface area contributed by atoms with Gasteiger partial charge in [-0.05, 0) is 29.7 Å². The Labute approximate surface area is 175 Å². The number of hydrogen-bond donors (Lipinski definition) is 4. The lowest BCUT2D eigenvalue weighted by atomic mass is 10.1. The van der Waals surface area contributed by atoms with Gasteiger partial charge in [0.25, 0.3) is 30.4 Å². The van der Waals surface area contributed by atoms with Gasteiger partial charge in [-0.1, -0.05) is 0 Å². The van der Waals surface area contributed by atoms with E-state index in [1.165, 1.54) is 18.2 Å². The molecule has 0 aliphatic carbocycles. The van der Waals surface area contributed by atoms with Gasteiger partial charge < -0.3 is 5.32 Å². The molecule has 0 bridgehead atoms. The van der Waals surface area contributed by atoms with Crippen LogP contribution in [-0.4, -0.2) is 38.9 Å². The molecule has 160 valence electrons. The van der Waals surface area contributed by atoms with Gasteiger partial charge in [0.2, 0.25) is 0 Å². The standard InChI is InChI=1S/C15H8N4O9S3/c16-5-9(6-17)13(7-18)19-12-4-11-8(2-15(12)31(26,27)28)1-10(29(20,21)22)3-14(11)30(23,24)25/h1-4,19H,(H,20,21,22)(H,23,24,25)(H,26,27,28). The van der Waals surface area contributed by atoms with Crippen LogP contribution in [0.4, 0.5) is 5.69 Å². The Morgan fingerprint density at radius 1 is 0.742 bits per heavy atom. The lowest BCUT2D eigenvalue weighted by Crippen LogP contribution is -2.09. The number of nitrogens with one attached hydrogen (secondary N) is 1. The maximum atomic E-state index is 11.8. The number of nitrogens with zero attached hydrogens (tertiary/aromatic N) is 3. The molecule has 0 saturated carbocycles. The van der Waals surface area contributed by atoms with E-state index in [4.69, 9.17) is 15.8 Å². The Bertz CT molecular complexity index is 1590. The monoisotopic (exact) mass is 484 g/mol. The summed E-state index contributed by atoms with van der Waals surface area (Å²) in [5.74, 6) is 0. The lowest BCUT2D eigenvalue weighted by Gasteiger charge is -2.13. The Hall–Kier alpha value is -3.56. The molecule has 0 atom stereocenters. The van der Waals surface area contributed by atoms with Crippen molar-refractivity contribution in [3.05, 3.63) is 35.5 Å². The maximum Gasteiger partial charge on any atom is 0.296 e. The molecule has 0 radical (unpaired) electrons. The summed E-state index contributed by atoms with van der Waals surface area (Å²) >= 11 is 0. The number of allylic oxidation sites excluding steroid dienone is 2. The van der Waals surface area contributed by atoms with Crippen LogP contribution in [0.25, 0.3) is 10.8 Å². The lowest BCUT2D eigenvalue weighted by molar-refractivity contribution is 0.480. The first-order chi connectivity index (χ1) is 14.1. The molecule has 0 amide bonds. The van der Waals surface area contributed by atoms with Crippen molar-refractivity contribution in [3.8, 4) is 18.2 Å². The highest BCUT2D eigenvalue weighted by Gasteiger charge is 2.25. The number of nitriles is 3. The number of fused-ring (bicyclic) bond motifs is 1. The number of anilines is 1. The fraction of sp³-hybridized carbons (Fsp3) is 0. The van der Waals surface area contributed by atoms with Gasteiger partial charge in [-0.3, -0.25) is 13.7 Å². The van der Waals surface area contributed by atoms with Crippen molar-refractivity contribution in [2.45, 2.75) is 14.7 Å². The quantitative estimate of drug-likeness (QED) is 0.339. The third-order valence-corrected chi connectivity index (χ3v) is 6.31. The van der Waals surface area contributed by atoms with Gasteiger partial charge >= 0.3 is 0 Å². The molecule has 2 aromatic rings. The zero-order valence-corrected chi connectivity index (χ0v) is 17.1. The summed E-state index contributed by atoms with van der Waals surface area (Å²) in [6.45, 7) is 0. The van der Waals surface area contributed by atoms with E-state index in [1.807, 2.05) is 0 Å². The van der Waals surface area contributed by atoms with Crippen LogP contribution in [0.1, 0.15) is 0 Å². The highest BCUT2D eigenvalue weighted by atomic mass is 32.2. The van der Waals surface area contributed by atoms with E-state index in [1.54, 1.807) is 0 Å². The fourth-order valence-corrected chi connectivity index (χ4v) is 4.43. The van der Waals surface area contributed by atoms with E-state index in [9.17, 15) is 38.9 Å². The van der Waals surface area contributed by atoms with E-state index in [-0.39, 0.29) is 0 Å². The van der Waals surface area contributed by atoms with Gasteiger partial charge in [0.05, 0.1) is 10.6 Å². The van der Waals surface area contributed by atoms with Crippen LogP contribution >= 0.6 is 0 Å². The predicted molar refractivity (Wildman–Crippen MR) is 101 cm³/mol. The van der Waals surface area contributed by atoms with Gasteiger partial charge in [0, 0.05) is 5.39 Å². The fourth-order valence-electron chi connectivity index (χ4n) is 2.42. The third kappa shape index (κ3) is 4.96.